The fraction of sp³-hybridized carbons (Fsp3) is 0.816. The average Bonchev–Trinajstić information content (AvgIpc) is 3.00. The largest absolute Gasteiger partial charge is 0.508 e. The first-order valence-corrected chi connectivity index (χ1v) is 18.5. The van der Waals surface area contributed by atoms with Crippen molar-refractivity contribution in [3.8, 4) is 5.75 Å². The molecule has 0 fully saturated rings. The van der Waals surface area contributed by atoms with Gasteiger partial charge in [0.1, 0.15) is 5.75 Å². The lowest BCUT2D eigenvalue weighted by atomic mass is 10.0. The summed E-state index contributed by atoms with van der Waals surface area (Å²) in [6, 6.07) is 6.79. The van der Waals surface area contributed by atoms with Crippen LogP contribution in [0.25, 0.3) is 0 Å². The second kappa shape index (κ2) is 30.7. The number of phenolic OH excluding ortho intramolecular Hbond substituents is 1. The molecule has 0 saturated carbocycles. The molecule has 4 heteroatoms. The Bertz CT molecular complexity index is 691. The highest BCUT2D eigenvalue weighted by atomic mass is 16.3. The van der Waals surface area contributed by atoms with Gasteiger partial charge in [-0.2, -0.15) is 0 Å². The third kappa shape index (κ3) is 27.1. The van der Waals surface area contributed by atoms with Crippen molar-refractivity contribution in [1.82, 2.24) is 10.6 Å². The van der Waals surface area contributed by atoms with Crippen molar-refractivity contribution in [1.29, 1.82) is 0 Å². The Morgan fingerprint density at radius 2 is 0.786 bits per heavy atom. The summed E-state index contributed by atoms with van der Waals surface area (Å²) in [5, 5.41) is 15.1. The topological polar surface area (TPSA) is 61.4 Å². The Morgan fingerprint density at radius 1 is 0.476 bits per heavy atom. The summed E-state index contributed by atoms with van der Waals surface area (Å²) in [7, 11) is 0. The summed E-state index contributed by atoms with van der Waals surface area (Å²) in [6.07, 6.45) is 39.5. The predicted octanol–water partition coefficient (Wildman–Crippen LogP) is 12.1. The van der Waals surface area contributed by atoms with E-state index in [1.807, 2.05) is 12.1 Å². The summed E-state index contributed by atoms with van der Waals surface area (Å²) in [5.41, 5.74) is 0.980. The number of benzene rings is 1. The maximum atomic E-state index is 11.9. The number of carbonyl (C=O) groups is 1. The predicted molar refractivity (Wildman–Crippen MR) is 183 cm³/mol. The van der Waals surface area contributed by atoms with Crippen LogP contribution in [0.2, 0.25) is 0 Å². The molecule has 3 N–H and O–H groups in total. The molecule has 0 aliphatic heterocycles. The number of phenols is 1. The van der Waals surface area contributed by atoms with Crippen LogP contribution in [0.1, 0.15) is 192 Å². The van der Waals surface area contributed by atoms with Crippen molar-refractivity contribution in [2.45, 2.75) is 193 Å². The smallest absolute Gasteiger partial charge is 0.315 e. The normalized spacial score (nSPS) is 11.2. The van der Waals surface area contributed by atoms with E-state index in [9.17, 15) is 9.90 Å². The standard InChI is InChI=1S/C38H70N2O2/c1-2-3-4-5-6-7-8-9-10-11-12-13-14-15-16-17-18-19-20-21-22-23-24-25-26-27-28-29-34-39-38(42)40-35-36-30-32-37(41)33-31-36/h30-33,41H,2-29,34-35H2,1H3,(H2,39,40,42). The molecule has 0 aromatic heterocycles. The molecule has 0 spiro atoms. The van der Waals surface area contributed by atoms with Gasteiger partial charge in [0.05, 0.1) is 0 Å². The van der Waals surface area contributed by atoms with Crippen molar-refractivity contribution in [3.63, 3.8) is 0 Å². The number of carbonyl (C=O) groups excluding carboxylic acids is 1. The van der Waals surface area contributed by atoms with Crippen LogP contribution in [0.4, 0.5) is 4.79 Å². The van der Waals surface area contributed by atoms with E-state index >= 15 is 0 Å². The molecule has 0 heterocycles. The molecule has 0 aliphatic carbocycles. The number of unbranched alkanes of at least 4 members (excludes halogenated alkanes) is 27. The number of hydrogen-bond acceptors (Lipinski definition) is 2. The molecule has 0 saturated heterocycles. The quantitative estimate of drug-likeness (QED) is 0.0758. The Hall–Kier alpha value is -1.71. The number of aromatic hydroxyl groups is 1. The average molecular weight is 587 g/mol. The third-order valence-corrected chi connectivity index (χ3v) is 8.71. The number of nitrogens with one attached hydrogen (secondary N) is 2. The Morgan fingerprint density at radius 3 is 1.12 bits per heavy atom. The van der Waals surface area contributed by atoms with Gasteiger partial charge in [-0.05, 0) is 24.1 Å². The Balaban J connectivity index is 1.67. The zero-order chi connectivity index (χ0) is 30.2. The molecule has 0 bridgehead atoms. The van der Waals surface area contributed by atoms with Gasteiger partial charge in [-0.15, -0.1) is 0 Å². The van der Waals surface area contributed by atoms with Crippen molar-refractivity contribution in [2.75, 3.05) is 6.54 Å². The second-order valence-electron chi connectivity index (χ2n) is 12.8. The van der Waals surface area contributed by atoms with Crippen molar-refractivity contribution in [2.24, 2.45) is 0 Å². The van der Waals surface area contributed by atoms with Gasteiger partial charge in [-0.25, -0.2) is 4.79 Å². The van der Waals surface area contributed by atoms with Gasteiger partial charge in [0, 0.05) is 13.1 Å². The SMILES string of the molecule is CCCCCCCCCCCCCCCCCCCCCCCCCCCCCCNC(=O)NCc1ccc(O)cc1. The molecule has 244 valence electrons. The first-order valence-electron chi connectivity index (χ1n) is 18.5. The van der Waals surface area contributed by atoms with Gasteiger partial charge in [-0.1, -0.05) is 192 Å². The number of amides is 2. The highest BCUT2D eigenvalue weighted by Gasteiger charge is 2.01. The van der Waals surface area contributed by atoms with Crippen molar-refractivity contribution in [3.05, 3.63) is 29.8 Å². The summed E-state index contributed by atoms with van der Waals surface area (Å²) in [4.78, 5) is 11.9. The van der Waals surface area contributed by atoms with Gasteiger partial charge >= 0.3 is 6.03 Å². The van der Waals surface area contributed by atoms with Crippen LogP contribution in [0.3, 0.4) is 0 Å². The molecule has 0 atom stereocenters. The highest BCUT2D eigenvalue weighted by molar-refractivity contribution is 5.73. The lowest BCUT2D eigenvalue weighted by molar-refractivity contribution is 0.240. The lowest BCUT2D eigenvalue weighted by Crippen LogP contribution is -2.35. The van der Waals surface area contributed by atoms with Crippen LogP contribution in [0.15, 0.2) is 24.3 Å². The summed E-state index contributed by atoms with van der Waals surface area (Å²) in [5.74, 6) is 0.245. The van der Waals surface area contributed by atoms with Crippen LogP contribution >= 0.6 is 0 Å². The molecule has 1 aromatic carbocycles. The number of hydrogen-bond donors (Lipinski definition) is 3. The molecular weight excluding hydrogens is 516 g/mol. The van der Waals surface area contributed by atoms with Gasteiger partial charge < -0.3 is 15.7 Å². The summed E-state index contributed by atoms with van der Waals surface area (Å²) < 4.78 is 0. The maximum absolute atomic E-state index is 11.9. The summed E-state index contributed by atoms with van der Waals surface area (Å²) in [6.45, 7) is 3.51. The molecule has 0 unspecified atom stereocenters. The van der Waals surface area contributed by atoms with Gasteiger partial charge in [0.2, 0.25) is 0 Å². The Labute approximate surface area is 261 Å². The molecule has 4 nitrogen and oxygen atoms in total. The van der Waals surface area contributed by atoms with E-state index in [4.69, 9.17) is 0 Å². The van der Waals surface area contributed by atoms with E-state index in [0.717, 1.165) is 18.5 Å². The molecule has 0 radical (unpaired) electrons. The van der Waals surface area contributed by atoms with E-state index in [1.54, 1.807) is 12.1 Å². The second-order valence-corrected chi connectivity index (χ2v) is 12.8. The van der Waals surface area contributed by atoms with Crippen LogP contribution in [0, 0.1) is 0 Å². The van der Waals surface area contributed by atoms with Gasteiger partial charge in [0.25, 0.3) is 0 Å². The van der Waals surface area contributed by atoms with Crippen LogP contribution < -0.4 is 10.6 Å². The van der Waals surface area contributed by atoms with Gasteiger partial charge in [-0.3, -0.25) is 0 Å². The van der Waals surface area contributed by atoms with E-state index in [2.05, 4.69) is 17.6 Å². The van der Waals surface area contributed by atoms with Crippen LogP contribution in [0.5, 0.6) is 5.75 Å². The molecule has 2 amide bonds. The molecular formula is C38H70N2O2. The molecule has 1 aromatic rings. The zero-order valence-electron chi connectivity index (χ0n) is 27.9. The summed E-state index contributed by atoms with van der Waals surface area (Å²) >= 11 is 0. The van der Waals surface area contributed by atoms with E-state index in [1.165, 1.54) is 173 Å². The monoisotopic (exact) mass is 587 g/mol. The number of urea groups is 1. The fourth-order valence-electron chi connectivity index (χ4n) is 5.85. The van der Waals surface area contributed by atoms with Crippen molar-refractivity contribution >= 4 is 6.03 Å². The third-order valence-electron chi connectivity index (χ3n) is 8.71. The molecule has 42 heavy (non-hydrogen) atoms. The minimum absolute atomic E-state index is 0.118. The molecule has 1 rings (SSSR count). The van der Waals surface area contributed by atoms with Crippen LogP contribution in [-0.2, 0) is 6.54 Å². The first kappa shape index (κ1) is 38.3. The zero-order valence-corrected chi connectivity index (χ0v) is 27.9. The van der Waals surface area contributed by atoms with E-state index in [-0.39, 0.29) is 11.8 Å². The molecule has 0 aliphatic rings. The Kier molecular flexibility index (Phi) is 28.0. The lowest BCUT2D eigenvalue weighted by Gasteiger charge is -2.08. The fourth-order valence-corrected chi connectivity index (χ4v) is 5.85. The van der Waals surface area contributed by atoms with Crippen molar-refractivity contribution < 1.29 is 9.90 Å². The van der Waals surface area contributed by atoms with Gasteiger partial charge in [0.15, 0.2) is 0 Å². The number of rotatable bonds is 31. The van der Waals surface area contributed by atoms with E-state index < -0.39 is 0 Å². The van der Waals surface area contributed by atoms with Crippen LogP contribution in [-0.4, -0.2) is 17.7 Å². The highest BCUT2D eigenvalue weighted by Crippen LogP contribution is 2.16. The maximum Gasteiger partial charge on any atom is 0.315 e. The first-order chi connectivity index (χ1) is 20.7. The van der Waals surface area contributed by atoms with E-state index in [0.29, 0.717) is 6.54 Å². The minimum Gasteiger partial charge on any atom is -0.508 e. The minimum atomic E-state index is -0.118.